The van der Waals surface area contributed by atoms with Gasteiger partial charge in [0, 0.05) is 0 Å². The van der Waals surface area contributed by atoms with Crippen LogP contribution in [0.2, 0.25) is 0 Å². The molecule has 1 aliphatic heterocycles. The first-order valence-electron chi connectivity index (χ1n) is 5.14. The molecule has 0 amide bonds. The SMILES string of the molecule is C1=CCC2CC3CCSC3=CC2=C1. The molecular weight excluding hydrogens is 176 g/mol. The summed E-state index contributed by atoms with van der Waals surface area (Å²) in [6, 6.07) is 0. The standard InChI is InChI=1S/C12H14S/c1-2-4-10-8-12-11(5-6-13-12)7-9(10)3-1/h1-2,4,8-9,11H,3,5-7H2. The van der Waals surface area contributed by atoms with E-state index in [0.29, 0.717) is 0 Å². The second kappa shape index (κ2) is 3.06. The molecule has 1 heterocycles. The molecule has 0 aromatic rings. The Bertz CT molecular complexity index is 309. The number of hydrogen-bond acceptors (Lipinski definition) is 1. The van der Waals surface area contributed by atoms with Gasteiger partial charge in [-0.25, -0.2) is 0 Å². The third kappa shape index (κ3) is 1.30. The molecule has 13 heavy (non-hydrogen) atoms. The van der Waals surface area contributed by atoms with Crippen LogP contribution in [0.1, 0.15) is 19.3 Å². The molecule has 0 spiro atoms. The number of allylic oxidation sites excluding steroid dienone is 6. The predicted octanol–water partition coefficient (Wildman–Crippen LogP) is 3.53. The lowest BCUT2D eigenvalue weighted by Gasteiger charge is -2.28. The molecule has 68 valence electrons. The van der Waals surface area contributed by atoms with Gasteiger partial charge in [0.15, 0.2) is 0 Å². The van der Waals surface area contributed by atoms with E-state index < -0.39 is 0 Å². The van der Waals surface area contributed by atoms with Gasteiger partial charge >= 0.3 is 0 Å². The van der Waals surface area contributed by atoms with Crippen molar-refractivity contribution in [2.45, 2.75) is 19.3 Å². The highest BCUT2D eigenvalue weighted by molar-refractivity contribution is 8.03. The van der Waals surface area contributed by atoms with Gasteiger partial charge in [0.25, 0.3) is 0 Å². The molecule has 1 saturated heterocycles. The number of hydrogen-bond donors (Lipinski definition) is 0. The van der Waals surface area contributed by atoms with Crippen LogP contribution in [0, 0.1) is 11.8 Å². The minimum atomic E-state index is 0.845. The lowest BCUT2D eigenvalue weighted by atomic mass is 9.78. The van der Waals surface area contributed by atoms with E-state index in [2.05, 4.69) is 36.1 Å². The van der Waals surface area contributed by atoms with Crippen molar-refractivity contribution in [1.82, 2.24) is 0 Å². The minimum absolute atomic E-state index is 0.845. The first kappa shape index (κ1) is 7.93. The van der Waals surface area contributed by atoms with Gasteiger partial charge in [-0.1, -0.05) is 18.2 Å². The fraction of sp³-hybridized carbons (Fsp3) is 0.500. The molecule has 0 radical (unpaired) electrons. The molecule has 1 heteroatoms. The quantitative estimate of drug-likeness (QED) is 0.563. The molecule has 0 aromatic heterocycles. The van der Waals surface area contributed by atoms with Crippen molar-refractivity contribution in [2.75, 3.05) is 5.75 Å². The second-order valence-corrected chi connectivity index (χ2v) is 5.31. The highest BCUT2D eigenvalue weighted by Gasteiger charge is 2.30. The van der Waals surface area contributed by atoms with Gasteiger partial charge < -0.3 is 0 Å². The molecule has 2 unspecified atom stereocenters. The Balaban J connectivity index is 1.97. The van der Waals surface area contributed by atoms with Gasteiger partial charge in [-0.2, -0.15) is 0 Å². The van der Waals surface area contributed by atoms with E-state index in [1.165, 1.54) is 25.0 Å². The molecule has 3 rings (SSSR count). The third-order valence-electron chi connectivity index (χ3n) is 3.33. The van der Waals surface area contributed by atoms with Gasteiger partial charge in [-0.15, -0.1) is 11.8 Å². The highest BCUT2D eigenvalue weighted by Crippen LogP contribution is 2.47. The van der Waals surface area contributed by atoms with Gasteiger partial charge in [-0.05, 0) is 53.4 Å². The largest absolute Gasteiger partial charge is 0.130 e. The van der Waals surface area contributed by atoms with Crippen LogP contribution in [0.25, 0.3) is 0 Å². The summed E-state index contributed by atoms with van der Waals surface area (Å²) in [6.45, 7) is 0. The Hall–Kier alpha value is -0.430. The lowest BCUT2D eigenvalue weighted by molar-refractivity contribution is 0.450. The average Bonchev–Trinajstić information content (AvgIpc) is 2.61. The Morgan fingerprint density at radius 1 is 1.31 bits per heavy atom. The number of rotatable bonds is 0. The van der Waals surface area contributed by atoms with Crippen molar-refractivity contribution in [3.63, 3.8) is 0 Å². The van der Waals surface area contributed by atoms with Gasteiger partial charge in [-0.3, -0.25) is 0 Å². The average molecular weight is 190 g/mol. The zero-order valence-corrected chi connectivity index (χ0v) is 8.52. The Morgan fingerprint density at radius 3 is 3.31 bits per heavy atom. The van der Waals surface area contributed by atoms with Crippen LogP contribution in [0.15, 0.2) is 34.8 Å². The highest BCUT2D eigenvalue weighted by atomic mass is 32.2. The second-order valence-electron chi connectivity index (χ2n) is 4.14. The molecule has 0 nitrogen and oxygen atoms in total. The van der Waals surface area contributed by atoms with Crippen molar-refractivity contribution in [1.29, 1.82) is 0 Å². The maximum absolute atomic E-state index is 2.46. The van der Waals surface area contributed by atoms with Crippen molar-refractivity contribution in [3.05, 3.63) is 34.8 Å². The third-order valence-corrected chi connectivity index (χ3v) is 4.56. The fourth-order valence-electron chi connectivity index (χ4n) is 2.57. The summed E-state index contributed by atoms with van der Waals surface area (Å²) >= 11 is 2.08. The maximum Gasteiger partial charge on any atom is -0.00171 e. The van der Waals surface area contributed by atoms with E-state index in [4.69, 9.17) is 0 Å². The predicted molar refractivity (Wildman–Crippen MR) is 58.6 cm³/mol. The molecule has 0 N–H and O–H groups in total. The molecule has 2 aliphatic carbocycles. The van der Waals surface area contributed by atoms with Crippen molar-refractivity contribution >= 4 is 11.8 Å². The topological polar surface area (TPSA) is 0 Å². The van der Waals surface area contributed by atoms with Crippen molar-refractivity contribution < 1.29 is 0 Å². The number of thioether (sulfide) groups is 1. The minimum Gasteiger partial charge on any atom is -0.130 e. The van der Waals surface area contributed by atoms with Gasteiger partial charge in [0.2, 0.25) is 0 Å². The summed E-state index contributed by atoms with van der Waals surface area (Å²) in [6.07, 6.45) is 13.4. The summed E-state index contributed by atoms with van der Waals surface area (Å²) in [5.41, 5.74) is 1.59. The summed E-state index contributed by atoms with van der Waals surface area (Å²) in [4.78, 5) is 1.66. The Kier molecular flexibility index (Phi) is 1.86. The molecule has 3 aliphatic rings. The normalized spacial score (nSPS) is 36.3. The van der Waals surface area contributed by atoms with E-state index in [1.54, 1.807) is 10.5 Å². The van der Waals surface area contributed by atoms with Crippen LogP contribution in [0.5, 0.6) is 0 Å². The zero-order chi connectivity index (χ0) is 8.67. The van der Waals surface area contributed by atoms with Crippen LogP contribution in [-0.4, -0.2) is 5.75 Å². The molecule has 2 atom stereocenters. The first-order valence-corrected chi connectivity index (χ1v) is 6.13. The van der Waals surface area contributed by atoms with Crippen molar-refractivity contribution in [2.24, 2.45) is 11.8 Å². The van der Waals surface area contributed by atoms with E-state index >= 15 is 0 Å². The summed E-state index contributed by atoms with van der Waals surface area (Å²) in [7, 11) is 0. The van der Waals surface area contributed by atoms with Gasteiger partial charge in [0.05, 0.1) is 0 Å². The first-order chi connectivity index (χ1) is 6.43. The van der Waals surface area contributed by atoms with E-state index in [9.17, 15) is 0 Å². The summed E-state index contributed by atoms with van der Waals surface area (Å²) in [5, 5.41) is 0. The fourth-order valence-corrected chi connectivity index (χ4v) is 3.88. The Labute approximate surface area is 83.8 Å². The van der Waals surface area contributed by atoms with Crippen LogP contribution in [0.4, 0.5) is 0 Å². The summed E-state index contributed by atoms with van der Waals surface area (Å²) in [5.74, 6) is 3.11. The van der Waals surface area contributed by atoms with E-state index in [0.717, 1.165) is 11.8 Å². The molecule has 0 saturated carbocycles. The zero-order valence-electron chi connectivity index (χ0n) is 7.70. The van der Waals surface area contributed by atoms with E-state index in [-0.39, 0.29) is 0 Å². The lowest BCUT2D eigenvalue weighted by Crippen LogP contribution is -2.15. The number of fused-ring (bicyclic) bond motifs is 2. The monoisotopic (exact) mass is 190 g/mol. The summed E-state index contributed by atoms with van der Waals surface area (Å²) < 4.78 is 0. The molecule has 1 fully saturated rings. The Morgan fingerprint density at radius 2 is 2.31 bits per heavy atom. The van der Waals surface area contributed by atoms with Crippen LogP contribution in [0.3, 0.4) is 0 Å². The smallest absolute Gasteiger partial charge is 0.00171 e. The van der Waals surface area contributed by atoms with Gasteiger partial charge in [0.1, 0.15) is 0 Å². The van der Waals surface area contributed by atoms with E-state index in [1.807, 2.05) is 0 Å². The molecular formula is C12H14S. The molecule has 0 bridgehead atoms. The van der Waals surface area contributed by atoms with Crippen molar-refractivity contribution in [3.8, 4) is 0 Å². The van der Waals surface area contributed by atoms with Crippen LogP contribution in [-0.2, 0) is 0 Å². The maximum atomic E-state index is 2.46. The molecule has 0 aromatic carbocycles. The van der Waals surface area contributed by atoms with Crippen LogP contribution >= 0.6 is 11.8 Å². The van der Waals surface area contributed by atoms with Crippen LogP contribution < -0.4 is 0 Å².